The van der Waals surface area contributed by atoms with Gasteiger partial charge in [0.25, 0.3) is 0 Å². The van der Waals surface area contributed by atoms with Crippen molar-refractivity contribution in [3.8, 4) is 34.5 Å². The molecule has 0 N–H and O–H groups in total. The number of hydrogen-bond acceptors (Lipinski definition) is 18. The Balaban J connectivity index is 0.000000105. The van der Waals surface area contributed by atoms with Gasteiger partial charge in [-0.2, -0.15) is 0 Å². The molecule has 30 rings (SSSR count). The third kappa shape index (κ3) is 12.1. The van der Waals surface area contributed by atoms with Gasteiger partial charge in [0, 0.05) is 162 Å². The van der Waals surface area contributed by atoms with Crippen molar-refractivity contribution >= 4 is 230 Å². The second-order valence-electron chi connectivity index (χ2n) is 36.4. The lowest BCUT2D eigenvalue weighted by atomic mass is 9.99. The molecule has 0 aliphatic rings. The molecule has 0 saturated heterocycles. The number of hydrogen-bond donors (Lipinski definition) is 0. The van der Waals surface area contributed by atoms with Gasteiger partial charge in [-0.15, -0.1) is 0 Å². The Kier molecular flexibility index (Phi) is 19.1. The standard InChI is InChI=1S/3C40H28N8/c1-3-23-11-10-15-26-28-21-30-32(27-14-8-9-16-29(27)47(30)24-12-6-5-7-13-24)25(4-2)40(28)48(39(23)26)31-22-45-37-35-33(41-17-18-43-35)34-36(38(37)46-31)44-20-19-42-34;1-3-23-11-10-15-27-29-21-28-26-14-8-9-16-30(26)47(24-12-6-5-7-13-24)39(28)25(4-2)40(29)48(38(23)27)31-22-45-36-34-32(41-17-18-43-34)33-35(37(36)46-31)44-20-19-42-33;1-3-23-11-10-15-27-31-39(24(4-2)21-28-26-14-8-9-16-29(26)47(40(28)31)25-12-6-5-7-13-25)48(38(23)27)30-22-45-36-34-32(41-17-18-43-34)33-35(37(36)46-30)44-20-19-42-33/h3*5-22H,3-4H2,1-2H3. The summed E-state index contributed by atoms with van der Waals surface area (Å²) in [4.78, 5) is 87.2. The van der Waals surface area contributed by atoms with E-state index in [1.54, 1.807) is 74.4 Å². The molecule has 15 aromatic carbocycles. The Hall–Kier alpha value is -18.8. The van der Waals surface area contributed by atoms with Gasteiger partial charge in [-0.1, -0.05) is 205 Å². The zero-order valence-corrected chi connectivity index (χ0v) is 79.2. The maximum Gasteiger partial charge on any atom is 0.157 e. The summed E-state index contributed by atoms with van der Waals surface area (Å²) in [5, 5.41) is 14.7. The topological polar surface area (TPSA) is 262 Å². The van der Waals surface area contributed by atoms with E-state index in [9.17, 15) is 0 Å². The van der Waals surface area contributed by atoms with Gasteiger partial charge in [0.1, 0.15) is 99.3 Å². The first-order chi connectivity index (χ1) is 71.3. The lowest BCUT2D eigenvalue weighted by Gasteiger charge is -2.15. The number of rotatable bonds is 12. The Labute approximate surface area is 819 Å². The minimum absolute atomic E-state index is 0.658. The van der Waals surface area contributed by atoms with Crippen LogP contribution in [0.1, 0.15) is 74.9 Å². The quantitative estimate of drug-likeness (QED) is 0.103. The second kappa shape index (κ2) is 32.9. The number of nitrogens with zero attached hydrogens (tertiary/aromatic N) is 24. The number of aromatic nitrogens is 24. The average molecular weight is 1860 g/mol. The molecule has 0 bridgehead atoms. The fraction of sp³-hybridized carbons (Fsp3) is 0.100. The summed E-state index contributed by atoms with van der Waals surface area (Å²) in [5.41, 5.74) is 37.0. The summed E-state index contributed by atoms with van der Waals surface area (Å²) < 4.78 is 14.3. The van der Waals surface area contributed by atoms with Crippen molar-refractivity contribution in [2.75, 3.05) is 0 Å². The van der Waals surface area contributed by atoms with Gasteiger partial charge in [-0.3, -0.25) is 73.5 Å². The van der Waals surface area contributed by atoms with Crippen molar-refractivity contribution in [3.05, 3.63) is 363 Å². The second-order valence-corrected chi connectivity index (χ2v) is 36.4. The highest BCUT2D eigenvalue weighted by Crippen LogP contribution is 2.50. The molecular weight excluding hydrogens is 1780 g/mol. The molecule has 0 aliphatic heterocycles. The van der Waals surface area contributed by atoms with Crippen molar-refractivity contribution in [2.45, 2.75) is 80.1 Å². The molecule has 24 nitrogen and oxygen atoms in total. The van der Waals surface area contributed by atoms with Crippen LogP contribution in [-0.4, -0.2) is 117 Å². The molecule has 144 heavy (non-hydrogen) atoms. The van der Waals surface area contributed by atoms with Gasteiger partial charge in [0.05, 0.1) is 84.8 Å². The zero-order chi connectivity index (χ0) is 95.8. The van der Waals surface area contributed by atoms with Crippen molar-refractivity contribution in [1.82, 2.24) is 117 Å². The maximum atomic E-state index is 5.37. The lowest BCUT2D eigenvalue weighted by molar-refractivity contribution is 1.03. The zero-order valence-electron chi connectivity index (χ0n) is 79.2. The first-order valence-electron chi connectivity index (χ1n) is 49.0. The van der Waals surface area contributed by atoms with E-state index < -0.39 is 0 Å². The monoisotopic (exact) mass is 1860 g/mol. The third-order valence-electron chi connectivity index (χ3n) is 29.1. The summed E-state index contributed by atoms with van der Waals surface area (Å²) in [5.74, 6) is 2.20. The van der Waals surface area contributed by atoms with Crippen LogP contribution < -0.4 is 0 Å². The van der Waals surface area contributed by atoms with Crippen LogP contribution in [-0.2, 0) is 38.5 Å². The van der Waals surface area contributed by atoms with E-state index in [0.29, 0.717) is 99.3 Å². The fourth-order valence-corrected chi connectivity index (χ4v) is 23.2. The first kappa shape index (κ1) is 83.3. The summed E-state index contributed by atoms with van der Waals surface area (Å²) in [6.45, 7) is 13.4. The molecule has 0 spiro atoms. The molecule has 0 amide bonds. The van der Waals surface area contributed by atoms with Crippen LogP contribution in [0.5, 0.6) is 0 Å². The molecule has 0 saturated carbocycles. The van der Waals surface area contributed by atoms with Crippen molar-refractivity contribution in [2.24, 2.45) is 0 Å². The molecule has 0 radical (unpaired) electrons. The predicted molar refractivity (Wildman–Crippen MR) is 579 cm³/mol. The van der Waals surface area contributed by atoms with E-state index >= 15 is 0 Å². The van der Waals surface area contributed by atoms with Gasteiger partial charge in [-0.25, -0.2) is 29.9 Å². The molecule has 684 valence electrons. The van der Waals surface area contributed by atoms with E-state index in [1.165, 1.54) is 131 Å². The molecule has 0 atom stereocenters. The molecule has 0 fully saturated rings. The molecule has 15 aromatic heterocycles. The minimum Gasteiger partial charge on any atom is -0.309 e. The Bertz CT molecular complexity index is 10400. The third-order valence-corrected chi connectivity index (χ3v) is 29.1. The van der Waals surface area contributed by atoms with Gasteiger partial charge in [0.15, 0.2) is 17.5 Å². The fourth-order valence-electron chi connectivity index (χ4n) is 23.2. The van der Waals surface area contributed by atoms with Crippen LogP contribution >= 0.6 is 0 Å². The number of benzene rings is 15. The normalized spacial score (nSPS) is 12.1. The lowest BCUT2D eigenvalue weighted by Crippen LogP contribution is -2.05. The molecule has 0 unspecified atom stereocenters. The summed E-state index contributed by atoms with van der Waals surface area (Å²) in [7, 11) is 0. The average Bonchev–Trinajstić information content (AvgIpc) is 1.54. The van der Waals surface area contributed by atoms with Gasteiger partial charge in [-0.05, 0) is 139 Å². The highest BCUT2D eigenvalue weighted by Gasteiger charge is 2.32. The van der Waals surface area contributed by atoms with E-state index in [1.807, 2.05) is 18.6 Å². The molecule has 15 heterocycles. The SMILES string of the molecule is CCc1cccc2c3c(c(CC)cc4c5ccccc5n(-c5ccccc5)c43)n(-c3cnc4c5nccnc5c5nccnc5c4n3)c12.CCc1cccc2c3cc4c(c(CC)c3n(-c3cnc5c6nccnc6c6nccnc6c5n3)c12)c1ccccc1n4-c1ccccc1.CCc1cccc2c3cc4c5ccccc5n(-c5ccccc5)c4c(CC)c3n(-c3cnc4c5nccnc5c5nccnc5c4n3)c12. The van der Waals surface area contributed by atoms with E-state index in [0.717, 1.165) is 106 Å². The van der Waals surface area contributed by atoms with E-state index in [4.69, 9.17) is 44.9 Å². The van der Waals surface area contributed by atoms with Crippen LogP contribution in [0.3, 0.4) is 0 Å². The van der Waals surface area contributed by atoms with Crippen LogP contribution in [0, 0.1) is 0 Å². The largest absolute Gasteiger partial charge is 0.309 e. The highest BCUT2D eigenvalue weighted by molar-refractivity contribution is 6.30. The van der Waals surface area contributed by atoms with Crippen LogP contribution in [0.15, 0.2) is 330 Å². The van der Waals surface area contributed by atoms with Crippen molar-refractivity contribution in [1.29, 1.82) is 0 Å². The van der Waals surface area contributed by atoms with Crippen molar-refractivity contribution < 1.29 is 0 Å². The summed E-state index contributed by atoms with van der Waals surface area (Å²) >= 11 is 0. The smallest absolute Gasteiger partial charge is 0.157 e. The predicted octanol–water partition coefficient (Wildman–Crippen LogP) is 26.5. The summed E-state index contributed by atoms with van der Waals surface area (Å²) in [6.07, 6.45) is 31.0. The minimum atomic E-state index is 0.658. The highest BCUT2D eigenvalue weighted by atomic mass is 15.1. The molecule has 30 aromatic rings. The molecule has 0 aliphatic carbocycles. The number of para-hydroxylation sites is 9. The maximum absolute atomic E-state index is 5.37. The van der Waals surface area contributed by atoms with Crippen LogP contribution in [0.4, 0.5) is 0 Å². The van der Waals surface area contributed by atoms with Crippen molar-refractivity contribution in [3.63, 3.8) is 0 Å². The molecular formula is C120H84N24. The summed E-state index contributed by atoms with van der Waals surface area (Å²) in [6, 6.07) is 85.3. The van der Waals surface area contributed by atoms with Crippen LogP contribution in [0.2, 0.25) is 0 Å². The first-order valence-corrected chi connectivity index (χ1v) is 49.0. The number of fused-ring (bicyclic) bond motifs is 37. The van der Waals surface area contributed by atoms with E-state index in [2.05, 4.69) is 350 Å². The van der Waals surface area contributed by atoms with Crippen LogP contribution in [0.25, 0.3) is 265 Å². The van der Waals surface area contributed by atoms with Gasteiger partial charge < -0.3 is 13.7 Å². The van der Waals surface area contributed by atoms with Gasteiger partial charge >= 0.3 is 0 Å². The van der Waals surface area contributed by atoms with Gasteiger partial charge in [0.2, 0.25) is 0 Å². The number of aryl methyl sites for hydroxylation is 6. The molecule has 24 heteroatoms. The Morgan fingerprint density at radius 3 is 0.847 bits per heavy atom. The Morgan fingerprint density at radius 1 is 0.174 bits per heavy atom. The van der Waals surface area contributed by atoms with E-state index in [-0.39, 0.29) is 0 Å². The Morgan fingerprint density at radius 2 is 0.458 bits per heavy atom.